The smallest absolute Gasteiger partial charge is 0.407 e. The molecule has 2 aliphatic rings. The predicted octanol–water partition coefficient (Wildman–Crippen LogP) is 2.51. The van der Waals surface area contributed by atoms with Gasteiger partial charge in [-0.25, -0.2) is 4.39 Å². The Bertz CT molecular complexity index is 687. The number of anilines is 1. The molecule has 3 rings (SSSR count). The van der Waals surface area contributed by atoms with Crippen LogP contribution in [-0.2, 0) is 14.0 Å². The second-order valence-electron chi connectivity index (χ2n) is 7.87. The largest absolute Gasteiger partial charge is 0.497 e. The van der Waals surface area contributed by atoms with Crippen molar-refractivity contribution in [2.24, 2.45) is 5.41 Å². The Kier molecular flexibility index (Phi) is 6.03. The summed E-state index contributed by atoms with van der Waals surface area (Å²) in [6.07, 6.45) is 1.52. The molecule has 9 heteroatoms. The quantitative estimate of drug-likeness (QED) is 0.444. The number of nitrogens with zero attached hydrogens (tertiary/aromatic N) is 2. The molecular formula is C18H26BFN2O5. The first-order valence-corrected chi connectivity index (χ1v) is 9.38. The Morgan fingerprint density at radius 2 is 1.93 bits per heavy atom. The van der Waals surface area contributed by atoms with E-state index in [0.29, 0.717) is 38.7 Å². The average Bonchev–Trinajstić information content (AvgIpc) is 2.63. The summed E-state index contributed by atoms with van der Waals surface area (Å²) < 4.78 is 31.5. The Morgan fingerprint density at radius 1 is 1.30 bits per heavy atom. The van der Waals surface area contributed by atoms with Gasteiger partial charge in [0, 0.05) is 62.0 Å². The maximum absolute atomic E-state index is 14.9. The van der Waals surface area contributed by atoms with E-state index >= 15 is 0 Å². The van der Waals surface area contributed by atoms with Crippen LogP contribution >= 0.6 is 0 Å². The van der Waals surface area contributed by atoms with Crippen LogP contribution in [0.4, 0.5) is 15.8 Å². The summed E-state index contributed by atoms with van der Waals surface area (Å²) in [6, 6.07) is 2.60. The standard InChI is InChI=1S/C18H26BFN2O5/c1-4-21(13-5-7-25-8-6-13)16-10-15(20)14(9-17(16)22(23)24)19-26-11-18(2,3)12-27-19/h9-10,13H,4-8,11-12H2,1-3H3. The number of ether oxygens (including phenoxy) is 1. The molecule has 148 valence electrons. The Hall–Kier alpha value is -1.71. The molecule has 2 saturated heterocycles. The number of benzene rings is 1. The number of hydrogen-bond acceptors (Lipinski definition) is 6. The van der Waals surface area contributed by atoms with Gasteiger partial charge in [0.25, 0.3) is 5.69 Å². The van der Waals surface area contributed by atoms with Crippen LogP contribution in [0.25, 0.3) is 0 Å². The third-order valence-corrected chi connectivity index (χ3v) is 5.08. The average molecular weight is 380 g/mol. The minimum absolute atomic E-state index is 0.0731. The molecule has 0 atom stereocenters. The summed E-state index contributed by atoms with van der Waals surface area (Å²) in [5, 5.41) is 11.7. The lowest BCUT2D eigenvalue weighted by atomic mass is 9.75. The highest BCUT2D eigenvalue weighted by Crippen LogP contribution is 2.32. The van der Waals surface area contributed by atoms with Crippen LogP contribution in [0, 0.1) is 21.3 Å². The molecule has 0 spiro atoms. The molecule has 0 N–H and O–H groups in total. The van der Waals surface area contributed by atoms with Crippen molar-refractivity contribution in [3.05, 3.63) is 28.1 Å². The maximum atomic E-state index is 14.9. The topological polar surface area (TPSA) is 74.1 Å². The van der Waals surface area contributed by atoms with Crippen LogP contribution in [0.15, 0.2) is 12.1 Å². The predicted molar refractivity (Wildman–Crippen MR) is 101 cm³/mol. The second-order valence-corrected chi connectivity index (χ2v) is 7.87. The summed E-state index contributed by atoms with van der Waals surface area (Å²) in [7, 11) is -0.927. The number of rotatable bonds is 5. The molecule has 0 amide bonds. The molecule has 0 aromatic heterocycles. The van der Waals surface area contributed by atoms with E-state index in [9.17, 15) is 14.5 Å². The summed E-state index contributed by atoms with van der Waals surface area (Å²) in [6.45, 7) is 8.45. The van der Waals surface area contributed by atoms with E-state index < -0.39 is 17.9 Å². The monoisotopic (exact) mass is 380 g/mol. The van der Waals surface area contributed by atoms with Crippen molar-refractivity contribution in [3.63, 3.8) is 0 Å². The molecule has 0 aliphatic carbocycles. The molecule has 1 aromatic carbocycles. The van der Waals surface area contributed by atoms with Crippen LogP contribution in [0.1, 0.15) is 33.6 Å². The lowest BCUT2D eigenvalue weighted by molar-refractivity contribution is -0.384. The SMILES string of the molecule is CCN(c1cc(F)c(B2OCC(C)(C)CO2)cc1[N+](=O)[O-])C1CCOCC1. The first-order valence-electron chi connectivity index (χ1n) is 9.38. The molecule has 2 aliphatic heterocycles. The van der Waals surface area contributed by atoms with Gasteiger partial charge in [0.2, 0.25) is 0 Å². The fraction of sp³-hybridized carbons (Fsp3) is 0.667. The number of nitro benzene ring substituents is 1. The molecule has 27 heavy (non-hydrogen) atoms. The normalized spacial score (nSPS) is 20.5. The zero-order valence-corrected chi connectivity index (χ0v) is 16.1. The summed E-state index contributed by atoms with van der Waals surface area (Å²) >= 11 is 0. The Morgan fingerprint density at radius 3 is 2.48 bits per heavy atom. The van der Waals surface area contributed by atoms with E-state index in [1.165, 1.54) is 12.1 Å². The highest BCUT2D eigenvalue weighted by molar-refractivity contribution is 6.61. The first-order chi connectivity index (χ1) is 12.8. The van der Waals surface area contributed by atoms with Crippen molar-refractivity contribution in [2.75, 3.05) is 37.9 Å². The minimum Gasteiger partial charge on any atom is -0.407 e. The van der Waals surface area contributed by atoms with E-state index in [1.807, 2.05) is 25.7 Å². The molecule has 1 aromatic rings. The van der Waals surface area contributed by atoms with Gasteiger partial charge in [-0.3, -0.25) is 10.1 Å². The van der Waals surface area contributed by atoms with E-state index in [2.05, 4.69) is 0 Å². The van der Waals surface area contributed by atoms with Crippen molar-refractivity contribution < 1.29 is 23.4 Å². The highest BCUT2D eigenvalue weighted by Gasteiger charge is 2.37. The van der Waals surface area contributed by atoms with Crippen LogP contribution in [0.5, 0.6) is 0 Å². The molecule has 0 saturated carbocycles. The maximum Gasteiger partial charge on any atom is 0.497 e. The van der Waals surface area contributed by atoms with Crippen molar-refractivity contribution in [3.8, 4) is 0 Å². The molecule has 2 fully saturated rings. The van der Waals surface area contributed by atoms with Gasteiger partial charge in [-0.1, -0.05) is 13.8 Å². The van der Waals surface area contributed by atoms with Gasteiger partial charge in [0.05, 0.1) is 4.92 Å². The minimum atomic E-state index is -0.927. The van der Waals surface area contributed by atoms with E-state index in [-0.39, 0.29) is 22.6 Å². The van der Waals surface area contributed by atoms with E-state index in [4.69, 9.17) is 14.0 Å². The van der Waals surface area contributed by atoms with Crippen molar-refractivity contribution in [2.45, 2.75) is 39.7 Å². The fourth-order valence-corrected chi connectivity index (χ4v) is 3.62. The summed E-state index contributed by atoms with van der Waals surface area (Å²) in [4.78, 5) is 13.2. The highest BCUT2D eigenvalue weighted by atomic mass is 19.1. The number of halogens is 1. The van der Waals surface area contributed by atoms with Gasteiger partial charge in [-0.05, 0) is 19.8 Å². The first kappa shape index (κ1) is 20.0. The second kappa shape index (κ2) is 8.12. The van der Waals surface area contributed by atoms with Gasteiger partial charge in [-0.2, -0.15) is 0 Å². The molecule has 2 heterocycles. The Balaban J connectivity index is 1.93. The van der Waals surface area contributed by atoms with Gasteiger partial charge >= 0.3 is 7.12 Å². The van der Waals surface area contributed by atoms with Crippen LogP contribution in [-0.4, -0.2) is 51.1 Å². The van der Waals surface area contributed by atoms with Gasteiger partial charge in [0.15, 0.2) is 0 Å². The third-order valence-electron chi connectivity index (χ3n) is 5.08. The third kappa shape index (κ3) is 4.42. The van der Waals surface area contributed by atoms with Crippen molar-refractivity contribution in [1.82, 2.24) is 0 Å². The molecule has 0 bridgehead atoms. The van der Waals surface area contributed by atoms with Gasteiger partial charge in [0.1, 0.15) is 11.5 Å². The lowest BCUT2D eigenvalue weighted by Gasteiger charge is -2.35. The summed E-state index contributed by atoms with van der Waals surface area (Å²) in [5.74, 6) is -0.550. The van der Waals surface area contributed by atoms with Crippen molar-refractivity contribution >= 4 is 24.0 Å². The lowest BCUT2D eigenvalue weighted by Crippen LogP contribution is -2.48. The zero-order valence-electron chi connectivity index (χ0n) is 16.1. The van der Waals surface area contributed by atoms with Crippen molar-refractivity contribution in [1.29, 1.82) is 0 Å². The number of nitro groups is 1. The Labute approximate surface area is 159 Å². The molecule has 7 nitrogen and oxygen atoms in total. The van der Waals surface area contributed by atoms with E-state index in [0.717, 1.165) is 12.8 Å². The molecule has 0 radical (unpaired) electrons. The summed E-state index contributed by atoms with van der Waals surface area (Å²) in [5.41, 5.74) is 0.0773. The van der Waals surface area contributed by atoms with E-state index in [1.54, 1.807) is 0 Å². The van der Waals surface area contributed by atoms with Crippen LogP contribution in [0.3, 0.4) is 0 Å². The van der Waals surface area contributed by atoms with Crippen LogP contribution in [0.2, 0.25) is 0 Å². The van der Waals surface area contributed by atoms with Crippen LogP contribution < -0.4 is 10.4 Å². The van der Waals surface area contributed by atoms with Gasteiger partial charge in [-0.15, -0.1) is 0 Å². The molecule has 0 unspecified atom stereocenters. The zero-order chi connectivity index (χ0) is 19.6. The fourth-order valence-electron chi connectivity index (χ4n) is 3.62. The number of hydrogen-bond donors (Lipinski definition) is 0. The molecular weight excluding hydrogens is 354 g/mol. The van der Waals surface area contributed by atoms with Gasteiger partial charge < -0.3 is 18.9 Å².